The number of hydrogen-bond donors (Lipinski definition) is 2. The summed E-state index contributed by atoms with van der Waals surface area (Å²) in [5.74, 6) is -1.14. The Balaban J connectivity index is 1.89. The summed E-state index contributed by atoms with van der Waals surface area (Å²) >= 11 is 5.79. The number of carbonyl (C=O) groups is 1. The number of allylic oxidation sites excluding steroid dienone is 1. The van der Waals surface area contributed by atoms with Crippen LogP contribution in [0, 0.1) is 0 Å². The van der Waals surface area contributed by atoms with Crippen molar-refractivity contribution in [3.63, 3.8) is 0 Å². The monoisotopic (exact) mass is 428 g/mol. The standard InChI is InChI=1S/C26H21ClN2O2/c1-2-22(18-6-4-3-5-7-18)25(20-12-13-24-21(15-20)16-28-29-24)19-10-8-17(9-11-19)14-23(27)26(30)31/h3-16H,2H2,1H3,(H,28,29)(H,30,31). The molecule has 4 aromatic rings. The van der Waals surface area contributed by atoms with Gasteiger partial charge in [-0.05, 0) is 58.0 Å². The average Bonchev–Trinajstić information content (AvgIpc) is 3.26. The lowest BCUT2D eigenvalue weighted by Crippen LogP contribution is -1.96. The van der Waals surface area contributed by atoms with Gasteiger partial charge in [-0.25, -0.2) is 4.79 Å². The van der Waals surface area contributed by atoms with Crippen molar-refractivity contribution in [1.29, 1.82) is 0 Å². The second-order valence-electron chi connectivity index (χ2n) is 7.16. The van der Waals surface area contributed by atoms with Gasteiger partial charge in [-0.1, -0.05) is 79.2 Å². The molecule has 5 heteroatoms. The third kappa shape index (κ3) is 4.44. The minimum Gasteiger partial charge on any atom is -0.477 e. The van der Waals surface area contributed by atoms with Crippen LogP contribution in [0.3, 0.4) is 0 Å². The Labute approximate surface area is 185 Å². The number of aromatic amines is 1. The van der Waals surface area contributed by atoms with Crippen LogP contribution in [-0.4, -0.2) is 21.3 Å². The van der Waals surface area contributed by atoms with Gasteiger partial charge in [-0.3, -0.25) is 5.10 Å². The molecular weight excluding hydrogens is 408 g/mol. The van der Waals surface area contributed by atoms with Crippen molar-refractivity contribution < 1.29 is 9.90 Å². The molecular formula is C26H21ClN2O2. The molecule has 4 nitrogen and oxygen atoms in total. The highest BCUT2D eigenvalue weighted by Gasteiger charge is 2.14. The SMILES string of the molecule is CCC(=C(c1ccc(C=C(Cl)C(=O)O)cc1)c1ccc2[nH]ncc2c1)c1ccccc1. The molecule has 0 aliphatic heterocycles. The second kappa shape index (κ2) is 9.02. The van der Waals surface area contributed by atoms with E-state index in [1.807, 2.05) is 54.7 Å². The van der Waals surface area contributed by atoms with Crippen LogP contribution in [0.2, 0.25) is 0 Å². The lowest BCUT2D eigenvalue weighted by molar-refractivity contribution is -0.131. The van der Waals surface area contributed by atoms with Crippen molar-refractivity contribution in [1.82, 2.24) is 10.2 Å². The average molecular weight is 429 g/mol. The largest absolute Gasteiger partial charge is 0.477 e. The number of nitrogens with zero attached hydrogens (tertiary/aromatic N) is 1. The fourth-order valence-electron chi connectivity index (χ4n) is 3.73. The second-order valence-corrected chi connectivity index (χ2v) is 7.57. The van der Waals surface area contributed by atoms with E-state index in [1.54, 1.807) is 0 Å². The number of aromatic nitrogens is 2. The fraction of sp³-hybridized carbons (Fsp3) is 0.0769. The first kappa shape index (κ1) is 20.6. The Hall–Kier alpha value is -3.63. The van der Waals surface area contributed by atoms with Gasteiger partial charge in [0.25, 0.3) is 0 Å². The molecule has 1 heterocycles. The Morgan fingerprint density at radius 3 is 2.39 bits per heavy atom. The molecule has 31 heavy (non-hydrogen) atoms. The number of H-pyrrole nitrogens is 1. The van der Waals surface area contributed by atoms with Gasteiger partial charge in [0.1, 0.15) is 5.03 Å². The van der Waals surface area contributed by atoms with Gasteiger partial charge >= 0.3 is 5.97 Å². The maximum absolute atomic E-state index is 11.0. The van der Waals surface area contributed by atoms with Crippen LogP contribution in [0.4, 0.5) is 0 Å². The summed E-state index contributed by atoms with van der Waals surface area (Å²) in [5, 5.41) is 17.0. The highest BCUT2D eigenvalue weighted by atomic mass is 35.5. The number of hydrogen-bond acceptors (Lipinski definition) is 2. The highest BCUT2D eigenvalue weighted by Crippen LogP contribution is 2.35. The number of fused-ring (bicyclic) bond motifs is 1. The first-order valence-electron chi connectivity index (χ1n) is 10.00. The molecule has 0 atom stereocenters. The predicted molar refractivity (Wildman–Crippen MR) is 127 cm³/mol. The summed E-state index contributed by atoms with van der Waals surface area (Å²) in [5.41, 5.74) is 7.41. The van der Waals surface area contributed by atoms with Crippen LogP contribution in [0.5, 0.6) is 0 Å². The van der Waals surface area contributed by atoms with Crippen molar-refractivity contribution in [3.05, 3.63) is 106 Å². The van der Waals surface area contributed by atoms with Gasteiger partial charge in [-0.2, -0.15) is 5.10 Å². The zero-order valence-corrected chi connectivity index (χ0v) is 17.7. The first-order chi connectivity index (χ1) is 15.1. The van der Waals surface area contributed by atoms with E-state index in [9.17, 15) is 4.79 Å². The molecule has 0 unspecified atom stereocenters. The van der Waals surface area contributed by atoms with E-state index in [1.165, 1.54) is 17.2 Å². The van der Waals surface area contributed by atoms with E-state index in [2.05, 4.69) is 41.4 Å². The molecule has 2 N–H and O–H groups in total. The van der Waals surface area contributed by atoms with E-state index < -0.39 is 5.97 Å². The molecule has 0 fully saturated rings. The van der Waals surface area contributed by atoms with Gasteiger partial charge in [0.2, 0.25) is 0 Å². The van der Waals surface area contributed by atoms with Crippen LogP contribution in [-0.2, 0) is 4.79 Å². The minimum absolute atomic E-state index is 0.215. The van der Waals surface area contributed by atoms with Crippen LogP contribution >= 0.6 is 11.6 Å². The predicted octanol–water partition coefficient (Wildman–Crippen LogP) is 6.60. The molecule has 3 aromatic carbocycles. The van der Waals surface area contributed by atoms with Crippen LogP contribution < -0.4 is 0 Å². The molecule has 1 aromatic heterocycles. The summed E-state index contributed by atoms with van der Waals surface area (Å²) in [4.78, 5) is 11.0. The number of aliphatic carboxylic acids is 1. The molecule has 154 valence electrons. The topological polar surface area (TPSA) is 66.0 Å². The molecule has 0 aliphatic rings. The van der Waals surface area contributed by atoms with Crippen molar-refractivity contribution in [2.75, 3.05) is 0 Å². The molecule has 0 amide bonds. The Bertz CT molecular complexity index is 1290. The van der Waals surface area contributed by atoms with Crippen LogP contribution in [0.25, 0.3) is 28.1 Å². The van der Waals surface area contributed by atoms with Crippen molar-refractivity contribution >= 4 is 45.7 Å². The third-order valence-electron chi connectivity index (χ3n) is 5.20. The van der Waals surface area contributed by atoms with Gasteiger partial charge in [0.05, 0.1) is 11.7 Å². The van der Waals surface area contributed by atoms with E-state index in [-0.39, 0.29) is 5.03 Å². The van der Waals surface area contributed by atoms with Crippen molar-refractivity contribution in [3.8, 4) is 0 Å². The summed E-state index contributed by atoms with van der Waals surface area (Å²) < 4.78 is 0. The van der Waals surface area contributed by atoms with Gasteiger partial charge in [-0.15, -0.1) is 0 Å². The molecule has 0 bridgehead atoms. The first-order valence-corrected chi connectivity index (χ1v) is 10.4. The smallest absolute Gasteiger partial charge is 0.347 e. The summed E-state index contributed by atoms with van der Waals surface area (Å²) in [7, 11) is 0. The zero-order chi connectivity index (χ0) is 21.8. The van der Waals surface area contributed by atoms with Crippen molar-refractivity contribution in [2.45, 2.75) is 13.3 Å². The Morgan fingerprint density at radius 1 is 1.00 bits per heavy atom. The van der Waals surface area contributed by atoms with E-state index in [4.69, 9.17) is 16.7 Å². The Morgan fingerprint density at radius 2 is 1.71 bits per heavy atom. The Kier molecular flexibility index (Phi) is 6.01. The third-order valence-corrected chi connectivity index (χ3v) is 5.47. The number of nitrogens with one attached hydrogen (secondary N) is 1. The van der Waals surface area contributed by atoms with E-state index in [0.717, 1.165) is 39.6 Å². The van der Waals surface area contributed by atoms with Crippen LogP contribution in [0.15, 0.2) is 84.0 Å². The number of carboxylic acid groups (broad SMARTS) is 1. The minimum atomic E-state index is -1.14. The molecule has 0 saturated carbocycles. The van der Waals surface area contributed by atoms with Crippen LogP contribution in [0.1, 0.15) is 35.6 Å². The summed E-state index contributed by atoms with van der Waals surface area (Å²) in [6.07, 6.45) is 4.13. The normalized spacial score (nSPS) is 12.6. The van der Waals surface area contributed by atoms with Gasteiger partial charge < -0.3 is 5.11 Å². The summed E-state index contributed by atoms with van der Waals surface area (Å²) in [6.45, 7) is 2.16. The maximum Gasteiger partial charge on any atom is 0.347 e. The number of halogens is 1. The number of carboxylic acids is 1. The molecule has 0 saturated heterocycles. The maximum atomic E-state index is 11.0. The lowest BCUT2D eigenvalue weighted by Gasteiger charge is -2.17. The molecule has 0 radical (unpaired) electrons. The molecule has 0 aliphatic carbocycles. The fourth-order valence-corrected chi connectivity index (χ4v) is 3.86. The number of benzene rings is 3. The lowest BCUT2D eigenvalue weighted by atomic mass is 9.87. The quantitative estimate of drug-likeness (QED) is 0.268. The van der Waals surface area contributed by atoms with E-state index in [0.29, 0.717) is 0 Å². The highest BCUT2D eigenvalue weighted by molar-refractivity contribution is 6.42. The molecule has 4 rings (SSSR count). The van der Waals surface area contributed by atoms with Crippen molar-refractivity contribution in [2.24, 2.45) is 0 Å². The van der Waals surface area contributed by atoms with Gasteiger partial charge in [0, 0.05) is 5.39 Å². The summed E-state index contributed by atoms with van der Waals surface area (Å²) in [6, 6.07) is 24.4. The van der Waals surface area contributed by atoms with E-state index >= 15 is 0 Å². The van der Waals surface area contributed by atoms with Gasteiger partial charge in [0.15, 0.2) is 0 Å². The molecule has 0 spiro atoms. The zero-order valence-electron chi connectivity index (χ0n) is 17.0. The number of rotatable bonds is 6.